The highest BCUT2D eigenvalue weighted by Crippen LogP contribution is 2.49. The van der Waals surface area contributed by atoms with Gasteiger partial charge in [0.05, 0.1) is 11.1 Å². The Bertz CT molecular complexity index is 1910. The summed E-state index contributed by atoms with van der Waals surface area (Å²) in [6, 6.07) is 27.7. The summed E-state index contributed by atoms with van der Waals surface area (Å²) < 4.78 is 30.6. The zero-order valence-corrected chi connectivity index (χ0v) is 21.8. The van der Waals surface area contributed by atoms with E-state index < -0.39 is 0 Å². The number of aryl methyl sites for hydroxylation is 2. The van der Waals surface area contributed by atoms with E-state index >= 15 is 4.39 Å². The van der Waals surface area contributed by atoms with E-state index in [1.54, 1.807) is 6.07 Å². The maximum Gasteiger partial charge on any atom is 0.216 e. The van der Waals surface area contributed by atoms with Crippen LogP contribution in [0.1, 0.15) is 30.5 Å². The molecule has 186 valence electrons. The Labute approximate surface area is 220 Å². The number of pyridine rings is 1. The Kier molecular flexibility index (Phi) is 4.80. The van der Waals surface area contributed by atoms with Crippen LogP contribution in [0.2, 0.25) is 0 Å². The molecule has 3 heterocycles. The van der Waals surface area contributed by atoms with Gasteiger partial charge in [0, 0.05) is 39.4 Å². The van der Waals surface area contributed by atoms with Crippen LogP contribution in [0.15, 0.2) is 95.5 Å². The highest BCUT2D eigenvalue weighted by Gasteiger charge is 2.34. The van der Waals surface area contributed by atoms with Crippen LogP contribution in [0.5, 0.6) is 11.5 Å². The summed E-state index contributed by atoms with van der Waals surface area (Å²) in [5, 5.41) is 1.87. The van der Waals surface area contributed by atoms with Gasteiger partial charge in [-0.3, -0.25) is 0 Å². The third-order valence-electron chi connectivity index (χ3n) is 8.00. The molecule has 0 radical (unpaired) electrons. The molecule has 0 amide bonds. The number of halogens is 1. The molecule has 7 rings (SSSR count). The SMILES string of the molecule is Cc1ccc2c(oc3c(-c4ccc5c(c4)C(C)(C)c4ccccc4O5)c(F)ccc32)c1-c1cccc[n+]1C. The van der Waals surface area contributed by atoms with Crippen molar-refractivity contribution in [1.82, 2.24) is 0 Å². The number of fused-ring (bicyclic) bond motifs is 5. The first-order chi connectivity index (χ1) is 18.3. The first-order valence-electron chi connectivity index (χ1n) is 12.9. The van der Waals surface area contributed by atoms with E-state index in [1.165, 1.54) is 0 Å². The number of aromatic nitrogens is 1. The third-order valence-corrected chi connectivity index (χ3v) is 8.00. The topological polar surface area (TPSA) is 26.2 Å². The van der Waals surface area contributed by atoms with Crippen LogP contribution in [0.4, 0.5) is 4.39 Å². The minimum Gasteiger partial charge on any atom is -0.457 e. The van der Waals surface area contributed by atoms with Crippen molar-refractivity contribution in [2.45, 2.75) is 26.2 Å². The maximum absolute atomic E-state index is 15.7. The van der Waals surface area contributed by atoms with Crippen LogP contribution in [0.3, 0.4) is 0 Å². The minimum absolute atomic E-state index is 0.301. The summed E-state index contributed by atoms with van der Waals surface area (Å²) in [5.41, 5.74) is 7.56. The van der Waals surface area contributed by atoms with Crippen LogP contribution in [-0.4, -0.2) is 0 Å². The fourth-order valence-corrected chi connectivity index (χ4v) is 5.95. The van der Waals surface area contributed by atoms with Gasteiger partial charge in [-0.05, 0) is 54.4 Å². The van der Waals surface area contributed by atoms with Gasteiger partial charge in [0.25, 0.3) is 0 Å². The van der Waals surface area contributed by atoms with Gasteiger partial charge in [0.15, 0.2) is 6.20 Å². The molecule has 3 nitrogen and oxygen atoms in total. The van der Waals surface area contributed by atoms with E-state index in [-0.39, 0.29) is 11.2 Å². The van der Waals surface area contributed by atoms with Gasteiger partial charge in [-0.15, -0.1) is 0 Å². The molecule has 0 aliphatic carbocycles. The number of nitrogens with zero attached hydrogens (tertiary/aromatic N) is 1. The zero-order chi connectivity index (χ0) is 26.2. The molecule has 38 heavy (non-hydrogen) atoms. The molecule has 2 aromatic heterocycles. The average molecular weight is 501 g/mol. The number of furan rings is 1. The highest BCUT2D eigenvalue weighted by atomic mass is 19.1. The third kappa shape index (κ3) is 3.16. The number of ether oxygens (including phenoxy) is 1. The minimum atomic E-state index is -0.310. The number of hydrogen-bond donors (Lipinski definition) is 0. The van der Waals surface area contributed by atoms with Gasteiger partial charge in [-0.2, -0.15) is 0 Å². The molecule has 0 bridgehead atoms. The molecule has 0 fully saturated rings. The van der Waals surface area contributed by atoms with Crippen molar-refractivity contribution in [1.29, 1.82) is 0 Å². The molecule has 0 saturated heterocycles. The van der Waals surface area contributed by atoms with Crippen molar-refractivity contribution in [2.24, 2.45) is 7.05 Å². The largest absolute Gasteiger partial charge is 0.457 e. The lowest BCUT2D eigenvalue weighted by Crippen LogP contribution is -2.30. The van der Waals surface area contributed by atoms with Crippen molar-refractivity contribution in [3.8, 4) is 33.9 Å². The summed E-state index contributed by atoms with van der Waals surface area (Å²) in [7, 11) is 2.02. The van der Waals surface area contributed by atoms with Crippen molar-refractivity contribution >= 4 is 21.9 Å². The van der Waals surface area contributed by atoms with Crippen molar-refractivity contribution in [3.63, 3.8) is 0 Å². The lowest BCUT2D eigenvalue weighted by atomic mass is 9.75. The summed E-state index contributed by atoms with van der Waals surface area (Å²) in [5.74, 6) is 1.35. The first kappa shape index (κ1) is 22.7. The van der Waals surface area contributed by atoms with Crippen LogP contribution in [0.25, 0.3) is 44.3 Å². The molecule has 0 unspecified atom stereocenters. The van der Waals surface area contributed by atoms with Gasteiger partial charge in [-0.25, -0.2) is 8.96 Å². The number of hydrogen-bond acceptors (Lipinski definition) is 2. The molecule has 0 spiro atoms. The molecule has 1 aliphatic rings. The zero-order valence-electron chi connectivity index (χ0n) is 21.8. The quantitative estimate of drug-likeness (QED) is 0.223. The Balaban J connectivity index is 1.48. The second-order valence-corrected chi connectivity index (χ2v) is 10.7. The van der Waals surface area contributed by atoms with E-state index in [2.05, 4.69) is 55.7 Å². The van der Waals surface area contributed by atoms with E-state index in [0.717, 1.165) is 61.4 Å². The Morgan fingerprint density at radius 2 is 1.45 bits per heavy atom. The lowest BCUT2D eigenvalue weighted by molar-refractivity contribution is -0.660. The summed E-state index contributed by atoms with van der Waals surface area (Å²) in [4.78, 5) is 0. The molecule has 4 heteroatoms. The number of para-hydroxylation sites is 1. The Morgan fingerprint density at radius 3 is 2.26 bits per heavy atom. The smallest absolute Gasteiger partial charge is 0.216 e. The average Bonchev–Trinajstić information content (AvgIpc) is 3.28. The first-order valence-corrected chi connectivity index (χ1v) is 12.9. The van der Waals surface area contributed by atoms with E-state index in [9.17, 15) is 0 Å². The molecular formula is C34H27FNO2+. The molecule has 0 saturated carbocycles. The predicted octanol–water partition coefficient (Wildman–Crippen LogP) is 8.62. The van der Waals surface area contributed by atoms with E-state index in [1.807, 2.05) is 61.8 Å². The Morgan fingerprint density at radius 1 is 0.737 bits per heavy atom. The van der Waals surface area contributed by atoms with Crippen LogP contribution >= 0.6 is 0 Å². The summed E-state index contributed by atoms with van der Waals surface area (Å²) in [6.45, 7) is 6.45. The van der Waals surface area contributed by atoms with Gasteiger partial charge in [0.1, 0.15) is 35.5 Å². The number of benzene rings is 4. The maximum atomic E-state index is 15.7. The standard InChI is InChI=1S/C34H27FNO2/c1-20-12-14-22-23-15-16-26(35)31(33(23)38-32(22)30(20)27-10-7-8-18-36(27)4)21-13-17-29-25(19-21)34(2,3)24-9-5-6-11-28(24)37-29/h5-19H,1-4H3/q+1. The van der Waals surface area contributed by atoms with Crippen molar-refractivity contribution < 1.29 is 18.1 Å². The lowest BCUT2D eigenvalue weighted by Gasteiger charge is -2.34. The molecule has 0 atom stereocenters. The second kappa shape index (κ2) is 8.03. The summed E-state index contributed by atoms with van der Waals surface area (Å²) in [6.07, 6.45) is 2.02. The normalized spacial score (nSPS) is 13.8. The molecular weight excluding hydrogens is 473 g/mol. The Hall–Kier alpha value is -4.44. The van der Waals surface area contributed by atoms with Crippen LogP contribution in [-0.2, 0) is 12.5 Å². The van der Waals surface area contributed by atoms with Crippen LogP contribution < -0.4 is 9.30 Å². The monoisotopic (exact) mass is 500 g/mol. The van der Waals surface area contributed by atoms with Crippen molar-refractivity contribution in [2.75, 3.05) is 0 Å². The second-order valence-electron chi connectivity index (χ2n) is 10.7. The fraction of sp³-hybridized carbons (Fsp3) is 0.147. The van der Waals surface area contributed by atoms with Gasteiger partial charge in [-0.1, -0.05) is 50.2 Å². The molecule has 6 aromatic rings. The fourth-order valence-electron chi connectivity index (χ4n) is 5.95. The van der Waals surface area contributed by atoms with Crippen molar-refractivity contribution in [3.05, 3.63) is 114 Å². The number of rotatable bonds is 2. The van der Waals surface area contributed by atoms with Crippen LogP contribution in [0, 0.1) is 12.7 Å². The molecule has 1 aliphatic heterocycles. The highest BCUT2D eigenvalue weighted by molar-refractivity contribution is 6.13. The molecule has 4 aromatic carbocycles. The van der Waals surface area contributed by atoms with Gasteiger partial charge < -0.3 is 9.15 Å². The van der Waals surface area contributed by atoms with E-state index in [4.69, 9.17) is 9.15 Å². The van der Waals surface area contributed by atoms with Gasteiger partial charge in [0.2, 0.25) is 5.69 Å². The van der Waals surface area contributed by atoms with Gasteiger partial charge >= 0.3 is 0 Å². The molecule has 0 N–H and O–H groups in total. The predicted molar refractivity (Wildman–Crippen MR) is 149 cm³/mol. The van der Waals surface area contributed by atoms with E-state index in [0.29, 0.717) is 11.1 Å². The summed E-state index contributed by atoms with van der Waals surface area (Å²) >= 11 is 0.